The van der Waals surface area contributed by atoms with E-state index in [-0.39, 0.29) is 16.8 Å². The molecule has 2 rings (SSSR count). The predicted molar refractivity (Wildman–Crippen MR) is 60.3 cm³/mol. The maximum absolute atomic E-state index is 13.3. The van der Waals surface area contributed by atoms with E-state index < -0.39 is 0 Å². The summed E-state index contributed by atoms with van der Waals surface area (Å²) in [6, 6.07) is 5.25. The van der Waals surface area contributed by atoms with Crippen LogP contribution in [0.15, 0.2) is 18.2 Å². The number of aryl methyl sites for hydroxylation is 1. The molecule has 0 aromatic heterocycles. The fourth-order valence-corrected chi connectivity index (χ4v) is 2.44. The van der Waals surface area contributed by atoms with Gasteiger partial charge in [0.25, 0.3) is 0 Å². The van der Waals surface area contributed by atoms with Gasteiger partial charge in [-0.25, -0.2) is 4.39 Å². The van der Waals surface area contributed by atoms with Crippen molar-refractivity contribution < 1.29 is 4.39 Å². The standard InChI is InChI=1S/C13H18FN/c1-9-6-10(8-11(14)7-9)13(4-5-13)12(2,3)15/h6-8H,4-5,15H2,1-3H3. The molecule has 0 bridgehead atoms. The summed E-state index contributed by atoms with van der Waals surface area (Å²) in [5.74, 6) is -0.152. The Bertz CT molecular complexity index is 366. The second-order valence-corrected chi connectivity index (χ2v) is 5.32. The van der Waals surface area contributed by atoms with Crippen LogP contribution in [0.5, 0.6) is 0 Å². The minimum Gasteiger partial charge on any atom is -0.325 e. The Morgan fingerprint density at radius 1 is 1.27 bits per heavy atom. The van der Waals surface area contributed by atoms with E-state index in [1.54, 1.807) is 12.1 Å². The number of halogens is 1. The molecule has 1 aromatic carbocycles. The summed E-state index contributed by atoms with van der Waals surface area (Å²) in [5, 5.41) is 0. The van der Waals surface area contributed by atoms with E-state index in [0.29, 0.717) is 0 Å². The van der Waals surface area contributed by atoms with Gasteiger partial charge in [0.2, 0.25) is 0 Å². The lowest BCUT2D eigenvalue weighted by molar-refractivity contribution is 0.390. The Labute approximate surface area is 90.5 Å². The van der Waals surface area contributed by atoms with E-state index in [2.05, 4.69) is 6.07 Å². The monoisotopic (exact) mass is 207 g/mol. The third-order valence-electron chi connectivity index (χ3n) is 3.58. The van der Waals surface area contributed by atoms with Gasteiger partial charge in [0.15, 0.2) is 0 Å². The van der Waals surface area contributed by atoms with Crippen LogP contribution in [0.4, 0.5) is 4.39 Å². The third kappa shape index (κ3) is 1.67. The second-order valence-electron chi connectivity index (χ2n) is 5.32. The molecule has 15 heavy (non-hydrogen) atoms. The molecule has 1 saturated carbocycles. The molecule has 0 spiro atoms. The van der Waals surface area contributed by atoms with Crippen LogP contribution < -0.4 is 5.73 Å². The zero-order valence-electron chi connectivity index (χ0n) is 9.60. The molecule has 1 fully saturated rings. The van der Waals surface area contributed by atoms with Crippen LogP contribution >= 0.6 is 0 Å². The van der Waals surface area contributed by atoms with Crippen molar-refractivity contribution in [2.75, 3.05) is 0 Å². The minimum absolute atomic E-state index is 0.000139. The van der Waals surface area contributed by atoms with E-state index in [4.69, 9.17) is 5.73 Å². The predicted octanol–water partition coefficient (Wildman–Crippen LogP) is 2.90. The third-order valence-corrected chi connectivity index (χ3v) is 3.58. The van der Waals surface area contributed by atoms with Crippen LogP contribution in [0, 0.1) is 12.7 Å². The molecule has 0 radical (unpaired) electrons. The summed E-state index contributed by atoms with van der Waals surface area (Å²) in [5.41, 5.74) is 7.95. The molecule has 82 valence electrons. The zero-order valence-corrected chi connectivity index (χ0v) is 9.60. The summed E-state index contributed by atoms with van der Waals surface area (Å²) in [6.07, 6.45) is 2.14. The van der Waals surface area contributed by atoms with E-state index in [1.807, 2.05) is 20.8 Å². The highest BCUT2D eigenvalue weighted by Gasteiger charge is 2.53. The lowest BCUT2D eigenvalue weighted by atomic mass is 9.79. The molecule has 0 heterocycles. The highest BCUT2D eigenvalue weighted by molar-refractivity contribution is 5.38. The number of benzene rings is 1. The van der Waals surface area contributed by atoms with Crippen molar-refractivity contribution in [1.82, 2.24) is 0 Å². The first-order chi connectivity index (χ1) is 6.85. The van der Waals surface area contributed by atoms with Gasteiger partial charge < -0.3 is 5.73 Å². The molecular weight excluding hydrogens is 189 g/mol. The van der Waals surface area contributed by atoms with Crippen molar-refractivity contribution in [1.29, 1.82) is 0 Å². The summed E-state index contributed by atoms with van der Waals surface area (Å²) in [4.78, 5) is 0. The molecule has 2 heteroatoms. The van der Waals surface area contributed by atoms with Gasteiger partial charge in [-0.1, -0.05) is 6.07 Å². The summed E-state index contributed by atoms with van der Waals surface area (Å²) >= 11 is 0. The average Bonchev–Trinajstić information content (AvgIpc) is 2.79. The van der Waals surface area contributed by atoms with Crippen molar-refractivity contribution in [3.8, 4) is 0 Å². The molecule has 1 nitrogen and oxygen atoms in total. The van der Waals surface area contributed by atoms with Gasteiger partial charge in [-0.2, -0.15) is 0 Å². The fraction of sp³-hybridized carbons (Fsp3) is 0.538. The highest BCUT2D eigenvalue weighted by Crippen LogP contribution is 2.54. The topological polar surface area (TPSA) is 26.0 Å². The smallest absolute Gasteiger partial charge is 0.123 e. The molecule has 1 aromatic rings. The molecule has 1 aliphatic rings. The van der Waals surface area contributed by atoms with Crippen LogP contribution in [0.2, 0.25) is 0 Å². The van der Waals surface area contributed by atoms with Gasteiger partial charge in [0.05, 0.1) is 0 Å². The lowest BCUT2D eigenvalue weighted by Crippen LogP contribution is -2.45. The summed E-state index contributed by atoms with van der Waals surface area (Å²) < 4.78 is 13.3. The van der Waals surface area contributed by atoms with Gasteiger partial charge in [-0.05, 0) is 56.9 Å². The number of rotatable bonds is 2. The first-order valence-electron chi connectivity index (χ1n) is 5.42. The Morgan fingerprint density at radius 2 is 1.87 bits per heavy atom. The molecule has 0 unspecified atom stereocenters. The molecule has 2 N–H and O–H groups in total. The average molecular weight is 207 g/mol. The van der Waals surface area contributed by atoms with Crippen molar-refractivity contribution in [2.45, 2.75) is 44.6 Å². The Balaban J connectivity index is 2.46. The van der Waals surface area contributed by atoms with E-state index in [9.17, 15) is 4.39 Å². The van der Waals surface area contributed by atoms with Gasteiger partial charge >= 0.3 is 0 Å². The van der Waals surface area contributed by atoms with Crippen molar-refractivity contribution >= 4 is 0 Å². The Morgan fingerprint density at radius 3 is 2.27 bits per heavy atom. The second kappa shape index (κ2) is 3.05. The molecule has 1 aliphatic carbocycles. The molecule has 0 saturated heterocycles. The van der Waals surface area contributed by atoms with E-state index >= 15 is 0 Å². The normalized spacial score (nSPS) is 19.0. The number of hydrogen-bond donors (Lipinski definition) is 1. The van der Waals surface area contributed by atoms with Crippen molar-refractivity contribution in [3.05, 3.63) is 35.1 Å². The number of nitrogens with two attached hydrogens (primary N) is 1. The van der Waals surface area contributed by atoms with E-state index in [0.717, 1.165) is 24.0 Å². The summed E-state index contributed by atoms with van der Waals surface area (Å²) in [7, 11) is 0. The SMILES string of the molecule is Cc1cc(F)cc(C2(C(C)(C)N)CC2)c1. The van der Waals surface area contributed by atoms with Crippen LogP contribution in [-0.4, -0.2) is 5.54 Å². The van der Waals surface area contributed by atoms with E-state index in [1.165, 1.54) is 0 Å². The molecule has 0 amide bonds. The quantitative estimate of drug-likeness (QED) is 0.792. The van der Waals surface area contributed by atoms with Gasteiger partial charge in [0, 0.05) is 11.0 Å². The van der Waals surface area contributed by atoms with Gasteiger partial charge in [-0.3, -0.25) is 0 Å². The maximum Gasteiger partial charge on any atom is 0.123 e. The van der Waals surface area contributed by atoms with Crippen LogP contribution in [-0.2, 0) is 5.41 Å². The Kier molecular flexibility index (Phi) is 2.16. The van der Waals surface area contributed by atoms with Crippen molar-refractivity contribution in [3.63, 3.8) is 0 Å². The maximum atomic E-state index is 13.3. The number of hydrogen-bond acceptors (Lipinski definition) is 1. The Hall–Kier alpha value is -0.890. The van der Waals surface area contributed by atoms with Crippen LogP contribution in [0.1, 0.15) is 37.8 Å². The molecule has 0 aliphatic heterocycles. The summed E-state index contributed by atoms with van der Waals surface area (Å²) in [6.45, 7) is 5.98. The van der Waals surface area contributed by atoms with Gasteiger partial charge in [-0.15, -0.1) is 0 Å². The zero-order chi connectivity index (χ0) is 11.3. The minimum atomic E-state index is -0.271. The van der Waals surface area contributed by atoms with Crippen molar-refractivity contribution in [2.24, 2.45) is 5.73 Å². The molecule has 0 atom stereocenters. The first-order valence-corrected chi connectivity index (χ1v) is 5.42. The lowest BCUT2D eigenvalue weighted by Gasteiger charge is -2.31. The van der Waals surface area contributed by atoms with Gasteiger partial charge in [0.1, 0.15) is 5.82 Å². The highest BCUT2D eigenvalue weighted by atomic mass is 19.1. The largest absolute Gasteiger partial charge is 0.325 e. The fourth-order valence-electron chi connectivity index (χ4n) is 2.44. The van der Waals surface area contributed by atoms with Crippen LogP contribution in [0.25, 0.3) is 0 Å². The van der Waals surface area contributed by atoms with Crippen LogP contribution in [0.3, 0.4) is 0 Å². The molecular formula is C13H18FN. The first kappa shape index (κ1) is 10.6.